The third-order valence-electron chi connectivity index (χ3n) is 6.09. The summed E-state index contributed by atoms with van der Waals surface area (Å²) in [6.45, 7) is 0.401. The average Bonchev–Trinajstić information content (AvgIpc) is 3.25. The number of pyridine rings is 1. The van der Waals surface area contributed by atoms with Crippen LogP contribution in [-0.2, 0) is 22.6 Å². The van der Waals surface area contributed by atoms with Crippen molar-refractivity contribution in [2.75, 3.05) is 5.32 Å². The Labute approximate surface area is 223 Å². The Morgan fingerprint density at radius 3 is 2.62 bits per heavy atom. The Morgan fingerprint density at radius 2 is 1.92 bits per heavy atom. The van der Waals surface area contributed by atoms with E-state index >= 15 is 0 Å². The molecule has 1 fully saturated rings. The first-order chi connectivity index (χ1) is 18.0. The van der Waals surface area contributed by atoms with Gasteiger partial charge in [0.05, 0.1) is 37.3 Å². The van der Waals surface area contributed by atoms with E-state index in [0.29, 0.717) is 29.4 Å². The lowest BCUT2D eigenvalue weighted by atomic mass is 10.00. The summed E-state index contributed by atoms with van der Waals surface area (Å²) in [5.41, 5.74) is 3.60. The lowest BCUT2D eigenvalue weighted by Gasteiger charge is -2.36. The van der Waals surface area contributed by atoms with Gasteiger partial charge in [0, 0.05) is 30.1 Å². The van der Waals surface area contributed by atoms with Crippen LogP contribution in [0.5, 0.6) is 0 Å². The van der Waals surface area contributed by atoms with Gasteiger partial charge in [0.15, 0.2) is 11.4 Å². The quantitative estimate of drug-likeness (QED) is 0.319. The molecule has 190 valence electrons. The van der Waals surface area contributed by atoms with E-state index in [1.807, 2.05) is 42.5 Å². The summed E-state index contributed by atoms with van der Waals surface area (Å²) in [7, 11) is 0. The molecule has 3 atom stereocenters. The molecule has 0 spiro atoms. The van der Waals surface area contributed by atoms with Crippen LogP contribution in [-0.4, -0.2) is 31.7 Å². The fourth-order valence-electron chi connectivity index (χ4n) is 4.19. The Balaban J connectivity index is 1.39. The zero-order chi connectivity index (χ0) is 25.8. The van der Waals surface area contributed by atoms with Gasteiger partial charge < -0.3 is 24.5 Å². The Bertz CT molecular complexity index is 1360. The van der Waals surface area contributed by atoms with Crippen LogP contribution < -0.4 is 5.32 Å². The van der Waals surface area contributed by atoms with Crippen molar-refractivity contribution >= 4 is 34.8 Å². The van der Waals surface area contributed by atoms with Gasteiger partial charge in [-0.2, -0.15) is 0 Å². The van der Waals surface area contributed by atoms with Crippen molar-refractivity contribution in [3.63, 3.8) is 0 Å². The number of hydrogen-bond acceptors (Lipinski definition) is 6. The highest BCUT2D eigenvalue weighted by Gasteiger charge is 2.33. The number of imidazole rings is 1. The molecule has 1 aliphatic rings. The number of rotatable bonds is 7. The monoisotopic (exact) mass is 538 g/mol. The summed E-state index contributed by atoms with van der Waals surface area (Å²) in [5.74, 6) is -0.262. The molecule has 3 unspecified atom stereocenters. The molecule has 0 aliphatic carbocycles. The van der Waals surface area contributed by atoms with Crippen molar-refractivity contribution in [2.24, 2.45) is 0 Å². The molecular formula is C27H24Cl2N4O4. The molecule has 37 heavy (non-hydrogen) atoms. The summed E-state index contributed by atoms with van der Waals surface area (Å²) in [6.07, 6.45) is 4.04. The van der Waals surface area contributed by atoms with E-state index in [4.69, 9.17) is 32.7 Å². The van der Waals surface area contributed by atoms with Crippen molar-refractivity contribution in [2.45, 2.75) is 38.1 Å². The number of hydrogen-bond donors (Lipinski definition) is 2. The normalized spacial score (nSPS) is 19.5. The number of amides is 1. The van der Waals surface area contributed by atoms with Crippen LogP contribution in [0.3, 0.4) is 0 Å². The molecule has 5 rings (SSSR count). The lowest BCUT2D eigenvalue weighted by molar-refractivity contribution is -0.252. The number of anilines is 1. The number of halogens is 2. The van der Waals surface area contributed by atoms with Gasteiger partial charge in [-0.3, -0.25) is 9.78 Å². The molecule has 4 aromatic rings. The van der Waals surface area contributed by atoms with Crippen LogP contribution in [0.2, 0.25) is 10.3 Å². The second-order valence-corrected chi connectivity index (χ2v) is 9.37. The van der Waals surface area contributed by atoms with E-state index in [2.05, 4.69) is 15.3 Å². The first-order valence-electron chi connectivity index (χ1n) is 11.7. The van der Waals surface area contributed by atoms with Crippen LogP contribution >= 0.6 is 23.2 Å². The number of nitrogens with one attached hydrogen (secondary N) is 1. The summed E-state index contributed by atoms with van der Waals surface area (Å²) in [5, 5.41) is 12.9. The van der Waals surface area contributed by atoms with Crippen molar-refractivity contribution in [1.29, 1.82) is 0 Å². The predicted octanol–water partition coefficient (Wildman–Crippen LogP) is 5.58. The maximum absolute atomic E-state index is 12.6. The van der Waals surface area contributed by atoms with Crippen molar-refractivity contribution < 1.29 is 19.4 Å². The van der Waals surface area contributed by atoms with E-state index in [1.165, 1.54) is 6.20 Å². The average molecular weight is 539 g/mol. The molecule has 0 bridgehead atoms. The molecule has 1 aliphatic heterocycles. The first-order valence-corrected chi connectivity index (χ1v) is 12.4. The van der Waals surface area contributed by atoms with Crippen LogP contribution in [0.1, 0.15) is 45.9 Å². The Hall–Kier alpha value is -3.27. The van der Waals surface area contributed by atoms with E-state index in [-0.39, 0.29) is 29.9 Å². The Morgan fingerprint density at radius 1 is 1.08 bits per heavy atom. The molecule has 10 heteroatoms. The highest BCUT2D eigenvalue weighted by atomic mass is 35.5. The van der Waals surface area contributed by atoms with Crippen molar-refractivity contribution in [3.8, 4) is 0 Å². The molecule has 2 N–H and O–H groups in total. The second kappa shape index (κ2) is 11.4. The van der Waals surface area contributed by atoms with Gasteiger partial charge in [0.1, 0.15) is 5.15 Å². The van der Waals surface area contributed by atoms with Gasteiger partial charge >= 0.3 is 0 Å². The smallest absolute Gasteiger partial charge is 0.257 e. The third kappa shape index (κ3) is 6.01. The molecule has 2 aromatic heterocycles. The number of benzene rings is 2. The van der Waals surface area contributed by atoms with Crippen LogP contribution in [0, 0.1) is 0 Å². The third-order valence-corrected chi connectivity index (χ3v) is 6.86. The molecule has 2 aromatic carbocycles. The number of carbonyl (C=O) groups is 1. The minimum absolute atomic E-state index is 0.0301. The molecular weight excluding hydrogens is 515 g/mol. The van der Waals surface area contributed by atoms with Crippen LogP contribution in [0.25, 0.3) is 0 Å². The maximum Gasteiger partial charge on any atom is 0.257 e. The molecule has 3 heterocycles. The molecule has 0 radical (unpaired) electrons. The topological polar surface area (TPSA) is 98.5 Å². The van der Waals surface area contributed by atoms with E-state index in [9.17, 15) is 9.90 Å². The SMILES string of the molecule is O=C(Nc1cccc(C2OC(Cn3cnc(Cl)c3Cl)CC(c3ccc(CO)cc3)O2)c1)c1cccnc1. The van der Waals surface area contributed by atoms with Gasteiger partial charge in [-0.05, 0) is 35.4 Å². The largest absolute Gasteiger partial charge is 0.392 e. The lowest BCUT2D eigenvalue weighted by Crippen LogP contribution is -2.32. The first kappa shape index (κ1) is 25.4. The van der Waals surface area contributed by atoms with E-state index in [0.717, 1.165) is 16.7 Å². The number of ether oxygens (including phenoxy) is 2. The fraction of sp³-hybridized carbons (Fsp3) is 0.222. The summed E-state index contributed by atoms with van der Waals surface area (Å²) < 4.78 is 14.5. The number of carbonyl (C=O) groups excluding carboxylic acids is 1. The summed E-state index contributed by atoms with van der Waals surface area (Å²) >= 11 is 12.3. The van der Waals surface area contributed by atoms with Crippen LogP contribution in [0.15, 0.2) is 79.4 Å². The van der Waals surface area contributed by atoms with Crippen LogP contribution in [0.4, 0.5) is 5.69 Å². The van der Waals surface area contributed by atoms with Gasteiger partial charge in [-0.25, -0.2) is 4.98 Å². The fourth-order valence-corrected chi connectivity index (χ4v) is 4.50. The van der Waals surface area contributed by atoms with E-state index < -0.39 is 6.29 Å². The van der Waals surface area contributed by atoms with E-state index in [1.54, 1.807) is 35.3 Å². The number of aliphatic hydroxyl groups excluding tert-OH is 1. The van der Waals surface area contributed by atoms with Gasteiger partial charge in [-0.1, -0.05) is 59.6 Å². The minimum atomic E-state index is -0.700. The number of aromatic nitrogens is 3. The van der Waals surface area contributed by atoms with Gasteiger partial charge in [0.25, 0.3) is 5.91 Å². The highest BCUT2D eigenvalue weighted by molar-refractivity contribution is 6.40. The Kier molecular flexibility index (Phi) is 7.83. The molecule has 8 nitrogen and oxygen atoms in total. The number of nitrogens with zero attached hydrogens (tertiary/aromatic N) is 3. The maximum atomic E-state index is 12.6. The molecule has 0 saturated carbocycles. The summed E-state index contributed by atoms with van der Waals surface area (Å²) in [4.78, 5) is 20.7. The van der Waals surface area contributed by atoms with Crippen molar-refractivity contribution in [1.82, 2.24) is 14.5 Å². The van der Waals surface area contributed by atoms with Crippen molar-refractivity contribution in [3.05, 3.63) is 112 Å². The minimum Gasteiger partial charge on any atom is -0.392 e. The zero-order valence-corrected chi connectivity index (χ0v) is 21.1. The molecule has 1 saturated heterocycles. The van der Waals surface area contributed by atoms with Gasteiger partial charge in [0.2, 0.25) is 0 Å². The second-order valence-electron chi connectivity index (χ2n) is 8.65. The highest BCUT2D eigenvalue weighted by Crippen LogP contribution is 2.39. The summed E-state index contributed by atoms with van der Waals surface area (Å²) in [6, 6.07) is 18.4. The standard InChI is InChI=1S/C27H24Cl2N4O4/c28-24-25(29)33(16-31-24)14-22-12-23(18-8-6-17(15-34)7-9-18)37-27(36-22)19-3-1-5-21(11-19)32-26(35)20-4-2-10-30-13-20/h1-11,13,16,22-23,27,34H,12,14-15H2,(H,32,35). The zero-order valence-electron chi connectivity index (χ0n) is 19.6. The predicted molar refractivity (Wildman–Crippen MR) is 139 cm³/mol. The van der Waals surface area contributed by atoms with Gasteiger partial charge in [-0.15, -0.1) is 0 Å². The molecule has 1 amide bonds. The number of aliphatic hydroxyl groups is 1.